The molecule has 1 aliphatic heterocycles. The number of aromatic nitrogens is 3. The summed E-state index contributed by atoms with van der Waals surface area (Å²) in [6.45, 7) is 3.05. The Morgan fingerprint density at radius 1 is 1.23 bits per heavy atom. The average molecular weight is 355 g/mol. The van der Waals surface area contributed by atoms with Crippen molar-refractivity contribution in [1.29, 1.82) is 0 Å². The number of halogens is 1. The summed E-state index contributed by atoms with van der Waals surface area (Å²) in [5.41, 5.74) is 5.63. The molecule has 3 aromatic rings. The lowest BCUT2D eigenvalue weighted by Gasteiger charge is -2.07. The standard InChI is InChI=1S/C17H15BrN4/c1-11-3-2-4-14(7-11)22-17-15(5-6-20-17)16(21-22)12-8-13(18)10-19-9-12/h2-4,7-10,20H,5-6H2,1H3. The Morgan fingerprint density at radius 3 is 2.95 bits per heavy atom. The number of aryl methyl sites for hydroxylation is 1. The molecular weight excluding hydrogens is 340 g/mol. The van der Waals surface area contributed by atoms with E-state index in [1.807, 2.05) is 10.9 Å². The first kappa shape index (κ1) is 13.5. The Hall–Kier alpha value is -2.14. The molecule has 1 N–H and O–H groups in total. The topological polar surface area (TPSA) is 42.7 Å². The van der Waals surface area contributed by atoms with Crippen molar-refractivity contribution in [2.45, 2.75) is 13.3 Å². The van der Waals surface area contributed by atoms with Gasteiger partial charge in [0, 0.05) is 34.5 Å². The third-order valence-corrected chi connectivity index (χ3v) is 4.31. The lowest BCUT2D eigenvalue weighted by atomic mass is 10.1. The van der Waals surface area contributed by atoms with Gasteiger partial charge in [-0.15, -0.1) is 0 Å². The second-order valence-corrected chi connectivity index (χ2v) is 6.41. The molecule has 0 fully saturated rings. The second kappa shape index (κ2) is 5.25. The Bertz CT molecular complexity index is 786. The third kappa shape index (κ3) is 2.22. The largest absolute Gasteiger partial charge is 0.369 e. The number of fused-ring (bicyclic) bond motifs is 1. The molecule has 0 aliphatic carbocycles. The molecule has 0 amide bonds. The van der Waals surface area contributed by atoms with E-state index in [4.69, 9.17) is 5.10 Å². The van der Waals surface area contributed by atoms with E-state index in [0.29, 0.717) is 0 Å². The summed E-state index contributed by atoms with van der Waals surface area (Å²) in [6, 6.07) is 10.5. The van der Waals surface area contributed by atoms with Crippen LogP contribution in [0.1, 0.15) is 11.1 Å². The van der Waals surface area contributed by atoms with Gasteiger partial charge in [-0.2, -0.15) is 5.10 Å². The Kier molecular flexibility index (Phi) is 3.22. The van der Waals surface area contributed by atoms with Crippen LogP contribution in [0.5, 0.6) is 0 Å². The SMILES string of the molecule is Cc1cccc(-n2nc(-c3cncc(Br)c3)c3c2NCC3)c1. The second-order valence-electron chi connectivity index (χ2n) is 5.50. The van der Waals surface area contributed by atoms with Gasteiger partial charge in [0.05, 0.1) is 11.4 Å². The van der Waals surface area contributed by atoms with Gasteiger partial charge in [-0.05, 0) is 53.0 Å². The Morgan fingerprint density at radius 2 is 2.14 bits per heavy atom. The summed E-state index contributed by atoms with van der Waals surface area (Å²) in [5, 5.41) is 8.31. The molecule has 1 aromatic carbocycles. The minimum atomic E-state index is 0.952. The number of anilines is 1. The van der Waals surface area contributed by atoms with Crippen LogP contribution < -0.4 is 5.32 Å². The predicted molar refractivity (Wildman–Crippen MR) is 91.4 cm³/mol. The zero-order valence-electron chi connectivity index (χ0n) is 12.2. The van der Waals surface area contributed by atoms with E-state index in [1.165, 1.54) is 11.1 Å². The maximum absolute atomic E-state index is 4.85. The van der Waals surface area contributed by atoms with E-state index >= 15 is 0 Å². The van der Waals surface area contributed by atoms with Gasteiger partial charge in [0.25, 0.3) is 0 Å². The molecule has 4 nitrogen and oxygen atoms in total. The number of nitrogens with one attached hydrogen (secondary N) is 1. The van der Waals surface area contributed by atoms with Crippen molar-refractivity contribution < 1.29 is 0 Å². The highest BCUT2D eigenvalue weighted by Gasteiger charge is 2.24. The van der Waals surface area contributed by atoms with Crippen LogP contribution >= 0.6 is 15.9 Å². The zero-order valence-corrected chi connectivity index (χ0v) is 13.8. The van der Waals surface area contributed by atoms with Gasteiger partial charge in [0.15, 0.2) is 0 Å². The van der Waals surface area contributed by atoms with Gasteiger partial charge in [0.1, 0.15) is 5.82 Å². The maximum Gasteiger partial charge on any atom is 0.133 e. The van der Waals surface area contributed by atoms with Gasteiger partial charge in [-0.25, -0.2) is 4.68 Å². The van der Waals surface area contributed by atoms with E-state index in [-0.39, 0.29) is 0 Å². The van der Waals surface area contributed by atoms with Crippen LogP contribution in [-0.4, -0.2) is 21.3 Å². The molecular formula is C17H15BrN4. The molecule has 5 heteroatoms. The molecule has 0 unspecified atom stereocenters. The van der Waals surface area contributed by atoms with Crippen LogP contribution in [0.25, 0.3) is 16.9 Å². The number of pyridine rings is 1. The molecule has 0 saturated carbocycles. The maximum atomic E-state index is 4.85. The van der Waals surface area contributed by atoms with E-state index < -0.39 is 0 Å². The van der Waals surface area contributed by atoms with E-state index in [2.05, 4.69) is 63.5 Å². The lowest BCUT2D eigenvalue weighted by molar-refractivity contribution is 0.881. The monoisotopic (exact) mass is 354 g/mol. The first-order valence-electron chi connectivity index (χ1n) is 7.26. The normalized spacial score (nSPS) is 13.0. The number of benzene rings is 1. The summed E-state index contributed by atoms with van der Waals surface area (Å²) in [6.07, 6.45) is 4.65. The van der Waals surface area contributed by atoms with Crippen LogP contribution in [-0.2, 0) is 6.42 Å². The van der Waals surface area contributed by atoms with Crippen LogP contribution in [0.2, 0.25) is 0 Å². The average Bonchev–Trinajstić information content (AvgIpc) is 3.09. The molecule has 3 heterocycles. The first-order valence-corrected chi connectivity index (χ1v) is 8.05. The van der Waals surface area contributed by atoms with Crippen molar-refractivity contribution in [3.8, 4) is 16.9 Å². The molecule has 1 aliphatic rings. The summed E-state index contributed by atoms with van der Waals surface area (Å²) < 4.78 is 2.97. The third-order valence-electron chi connectivity index (χ3n) is 3.88. The van der Waals surface area contributed by atoms with E-state index in [0.717, 1.165) is 40.2 Å². The van der Waals surface area contributed by atoms with Gasteiger partial charge >= 0.3 is 0 Å². The van der Waals surface area contributed by atoms with Gasteiger partial charge in [-0.3, -0.25) is 4.98 Å². The number of hydrogen-bond acceptors (Lipinski definition) is 3. The first-order chi connectivity index (χ1) is 10.7. The molecule has 0 bridgehead atoms. The zero-order chi connectivity index (χ0) is 15.1. The summed E-state index contributed by atoms with van der Waals surface area (Å²) in [4.78, 5) is 4.27. The van der Waals surface area contributed by atoms with Crippen molar-refractivity contribution in [2.24, 2.45) is 0 Å². The van der Waals surface area contributed by atoms with Gasteiger partial charge < -0.3 is 5.32 Å². The van der Waals surface area contributed by atoms with Crippen molar-refractivity contribution in [3.05, 3.63) is 58.3 Å². The lowest BCUT2D eigenvalue weighted by Crippen LogP contribution is -2.04. The highest BCUT2D eigenvalue weighted by Crippen LogP contribution is 2.35. The highest BCUT2D eigenvalue weighted by molar-refractivity contribution is 9.10. The van der Waals surface area contributed by atoms with Crippen LogP contribution in [0, 0.1) is 6.92 Å². The van der Waals surface area contributed by atoms with E-state index in [9.17, 15) is 0 Å². The Balaban J connectivity index is 1.90. The van der Waals surface area contributed by atoms with Crippen molar-refractivity contribution >= 4 is 21.7 Å². The molecule has 4 rings (SSSR count). The van der Waals surface area contributed by atoms with Crippen LogP contribution in [0.4, 0.5) is 5.82 Å². The molecule has 0 spiro atoms. The minimum Gasteiger partial charge on any atom is -0.369 e. The fourth-order valence-corrected chi connectivity index (χ4v) is 3.26. The Labute approximate surface area is 137 Å². The molecule has 2 aromatic heterocycles. The smallest absolute Gasteiger partial charge is 0.133 e. The van der Waals surface area contributed by atoms with Gasteiger partial charge in [0.2, 0.25) is 0 Å². The molecule has 22 heavy (non-hydrogen) atoms. The minimum absolute atomic E-state index is 0.952. The fourth-order valence-electron chi connectivity index (χ4n) is 2.89. The molecule has 0 radical (unpaired) electrons. The number of hydrogen-bond donors (Lipinski definition) is 1. The summed E-state index contributed by atoms with van der Waals surface area (Å²) >= 11 is 3.49. The summed E-state index contributed by atoms with van der Waals surface area (Å²) in [7, 11) is 0. The fraction of sp³-hybridized carbons (Fsp3) is 0.176. The van der Waals surface area contributed by atoms with Crippen LogP contribution in [0.15, 0.2) is 47.2 Å². The van der Waals surface area contributed by atoms with E-state index in [1.54, 1.807) is 6.20 Å². The van der Waals surface area contributed by atoms with Crippen LogP contribution in [0.3, 0.4) is 0 Å². The van der Waals surface area contributed by atoms with Crippen molar-refractivity contribution in [1.82, 2.24) is 14.8 Å². The highest BCUT2D eigenvalue weighted by atomic mass is 79.9. The van der Waals surface area contributed by atoms with Gasteiger partial charge in [-0.1, -0.05) is 12.1 Å². The molecule has 110 valence electrons. The predicted octanol–water partition coefficient (Wildman–Crippen LogP) is 3.97. The van der Waals surface area contributed by atoms with Crippen molar-refractivity contribution in [2.75, 3.05) is 11.9 Å². The number of rotatable bonds is 2. The number of nitrogens with zero attached hydrogens (tertiary/aromatic N) is 3. The van der Waals surface area contributed by atoms with Crippen molar-refractivity contribution in [3.63, 3.8) is 0 Å². The quantitative estimate of drug-likeness (QED) is 0.756. The molecule has 0 atom stereocenters. The molecule has 0 saturated heterocycles. The summed E-state index contributed by atoms with van der Waals surface area (Å²) in [5.74, 6) is 1.10.